The second-order valence-corrected chi connectivity index (χ2v) is 0.916. The minimum atomic E-state index is -0.356. The first-order chi connectivity index (χ1) is 2.89. The molecular formula is CH5N5. The summed E-state index contributed by atoms with van der Waals surface area (Å²) in [6.45, 7) is 0. The van der Waals surface area contributed by atoms with Crippen molar-refractivity contribution in [1.82, 2.24) is 11.0 Å². The standard InChI is InChI=1S/CH5N5/c2-1-3-5-6-4-1/h1H,2H2,(H,3,6)(H,4,5). The summed E-state index contributed by atoms with van der Waals surface area (Å²) in [5, 5.41) is 6.72. The molecule has 0 aromatic heterocycles. The Morgan fingerprint density at radius 1 is 1.67 bits per heavy atom. The van der Waals surface area contributed by atoms with Crippen LogP contribution in [0.15, 0.2) is 10.3 Å². The van der Waals surface area contributed by atoms with Gasteiger partial charge in [-0.25, -0.2) is 5.53 Å². The largest absolute Gasteiger partial charge is 0.294 e. The summed E-state index contributed by atoms with van der Waals surface area (Å²) >= 11 is 0. The molecule has 1 atom stereocenters. The molecule has 0 saturated carbocycles. The van der Waals surface area contributed by atoms with E-state index in [2.05, 4.69) is 21.3 Å². The fraction of sp³-hybridized carbons (Fsp3) is 1.00. The van der Waals surface area contributed by atoms with Gasteiger partial charge in [0.25, 0.3) is 0 Å². The zero-order valence-electron chi connectivity index (χ0n) is 3.05. The zero-order valence-corrected chi connectivity index (χ0v) is 3.05. The van der Waals surface area contributed by atoms with Crippen LogP contribution in [-0.4, -0.2) is 6.29 Å². The van der Waals surface area contributed by atoms with E-state index in [1.165, 1.54) is 0 Å². The van der Waals surface area contributed by atoms with Crippen LogP contribution in [0.4, 0.5) is 0 Å². The fourth-order valence-corrected chi connectivity index (χ4v) is 0.215. The highest BCUT2D eigenvalue weighted by Gasteiger charge is 1.98. The van der Waals surface area contributed by atoms with Crippen LogP contribution < -0.4 is 16.7 Å². The van der Waals surface area contributed by atoms with Gasteiger partial charge in [-0.3, -0.25) is 5.73 Å². The van der Waals surface area contributed by atoms with E-state index in [4.69, 9.17) is 5.73 Å². The average molecular weight is 87.1 g/mol. The van der Waals surface area contributed by atoms with Gasteiger partial charge in [-0.1, -0.05) is 5.22 Å². The summed E-state index contributed by atoms with van der Waals surface area (Å²) in [5.41, 5.74) is 9.97. The monoisotopic (exact) mass is 87.1 g/mol. The predicted octanol–water partition coefficient (Wildman–Crippen LogP) is -1.30. The van der Waals surface area contributed by atoms with Crippen LogP contribution in [0.5, 0.6) is 0 Å². The van der Waals surface area contributed by atoms with Gasteiger partial charge in [0.05, 0.1) is 0 Å². The fourth-order valence-electron chi connectivity index (χ4n) is 0.215. The molecule has 0 spiro atoms. The van der Waals surface area contributed by atoms with Crippen LogP contribution in [0.25, 0.3) is 0 Å². The van der Waals surface area contributed by atoms with Crippen molar-refractivity contribution >= 4 is 0 Å². The molecule has 0 bridgehead atoms. The van der Waals surface area contributed by atoms with Gasteiger partial charge in [-0.05, 0) is 0 Å². The highest BCUT2D eigenvalue weighted by Crippen LogP contribution is 1.78. The Labute approximate surface area is 34.6 Å². The molecule has 1 aliphatic heterocycles. The second kappa shape index (κ2) is 1.19. The summed E-state index contributed by atoms with van der Waals surface area (Å²) in [6, 6.07) is 0. The molecule has 34 valence electrons. The summed E-state index contributed by atoms with van der Waals surface area (Å²) in [7, 11) is 0. The van der Waals surface area contributed by atoms with Crippen LogP contribution >= 0.6 is 0 Å². The van der Waals surface area contributed by atoms with E-state index < -0.39 is 0 Å². The SMILES string of the molecule is NC1N=NNN1. The molecule has 4 N–H and O–H groups in total. The molecule has 1 rings (SSSR count). The van der Waals surface area contributed by atoms with Gasteiger partial charge >= 0.3 is 0 Å². The van der Waals surface area contributed by atoms with E-state index in [1.807, 2.05) is 0 Å². The summed E-state index contributed by atoms with van der Waals surface area (Å²) < 4.78 is 0. The lowest BCUT2D eigenvalue weighted by atomic mass is 11.0. The van der Waals surface area contributed by atoms with E-state index in [1.54, 1.807) is 0 Å². The van der Waals surface area contributed by atoms with Gasteiger partial charge in [0.15, 0.2) is 6.29 Å². The van der Waals surface area contributed by atoms with Crippen molar-refractivity contribution in [3.05, 3.63) is 0 Å². The van der Waals surface area contributed by atoms with E-state index in [0.717, 1.165) is 0 Å². The van der Waals surface area contributed by atoms with E-state index >= 15 is 0 Å². The van der Waals surface area contributed by atoms with E-state index in [0.29, 0.717) is 0 Å². The minimum Gasteiger partial charge on any atom is -0.294 e. The van der Waals surface area contributed by atoms with E-state index in [-0.39, 0.29) is 6.29 Å². The van der Waals surface area contributed by atoms with Crippen molar-refractivity contribution in [2.45, 2.75) is 6.29 Å². The molecule has 1 aliphatic rings. The van der Waals surface area contributed by atoms with Crippen LogP contribution in [0.3, 0.4) is 0 Å². The number of rotatable bonds is 0. The molecule has 0 aromatic rings. The quantitative estimate of drug-likeness (QED) is 0.344. The average Bonchev–Trinajstić information content (AvgIpc) is 1.86. The number of hydrazine groups is 1. The highest BCUT2D eigenvalue weighted by molar-refractivity contribution is 4.48. The van der Waals surface area contributed by atoms with Gasteiger partial charge in [0.2, 0.25) is 0 Å². The first-order valence-electron chi connectivity index (χ1n) is 1.55. The predicted molar refractivity (Wildman–Crippen MR) is 19.1 cm³/mol. The van der Waals surface area contributed by atoms with Gasteiger partial charge in [-0.2, -0.15) is 5.43 Å². The van der Waals surface area contributed by atoms with Gasteiger partial charge in [0, 0.05) is 0 Å². The van der Waals surface area contributed by atoms with Gasteiger partial charge < -0.3 is 0 Å². The van der Waals surface area contributed by atoms with E-state index in [9.17, 15) is 0 Å². The molecule has 0 aromatic carbocycles. The number of nitrogens with zero attached hydrogens (tertiary/aromatic N) is 2. The highest BCUT2D eigenvalue weighted by atomic mass is 15.7. The Hall–Kier alpha value is -0.680. The molecule has 6 heavy (non-hydrogen) atoms. The smallest absolute Gasteiger partial charge is 0.191 e. The van der Waals surface area contributed by atoms with Crippen molar-refractivity contribution in [3.63, 3.8) is 0 Å². The Balaban J connectivity index is 2.38. The first-order valence-corrected chi connectivity index (χ1v) is 1.55. The summed E-state index contributed by atoms with van der Waals surface area (Å²) in [6.07, 6.45) is -0.356. The maximum Gasteiger partial charge on any atom is 0.191 e. The molecule has 0 radical (unpaired) electrons. The van der Waals surface area contributed by atoms with Crippen molar-refractivity contribution in [3.8, 4) is 0 Å². The Kier molecular flexibility index (Phi) is 0.697. The van der Waals surface area contributed by atoms with Crippen molar-refractivity contribution in [2.24, 2.45) is 16.1 Å². The summed E-state index contributed by atoms with van der Waals surface area (Å²) in [5.74, 6) is 0. The normalized spacial score (nSPS) is 30.5. The number of hydrogen-bond acceptors (Lipinski definition) is 5. The summed E-state index contributed by atoms with van der Waals surface area (Å²) in [4.78, 5) is 0. The van der Waals surface area contributed by atoms with Crippen LogP contribution in [-0.2, 0) is 0 Å². The molecule has 0 saturated heterocycles. The molecule has 1 unspecified atom stereocenters. The zero-order chi connectivity index (χ0) is 4.41. The molecule has 1 heterocycles. The Morgan fingerprint density at radius 3 is 2.67 bits per heavy atom. The molecule has 5 heteroatoms. The second-order valence-electron chi connectivity index (χ2n) is 0.916. The Bertz CT molecular complexity index is 66.3. The number of hydrogen-bond donors (Lipinski definition) is 3. The number of nitrogens with one attached hydrogen (secondary N) is 2. The number of nitrogens with two attached hydrogens (primary N) is 1. The van der Waals surface area contributed by atoms with Gasteiger partial charge in [0.1, 0.15) is 0 Å². The van der Waals surface area contributed by atoms with Crippen molar-refractivity contribution < 1.29 is 0 Å². The molecular weight excluding hydrogens is 82.0 g/mol. The molecule has 5 nitrogen and oxygen atoms in total. The van der Waals surface area contributed by atoms with Crippen molar-refractivity contribution in [1.29, 1.82) is 0 Å². The lowest BCUT2D eigenvalue weighted by molar-refractivity contribution is 0.546. The third kappa shape index (κ3) is 0.447. The maximum absolute atomic E-state index is 5.10. The van der Waals surface area contributed by atoms with Crippen LogP contribution in [0.2, 0.25) is 0 Å². The maximum atomic E-state index is 5.10. The van der Waals surface area contributed by atoms with Crippen molar-refractivity contribution in [2.75, 3.05) is 0 Å². The lowest BCUT2D eigenvalue weighted by Crippen LogP contribution is -2.36. The van der Waals surface area contributed by atoms with Crippen LogP contribution in [0, 0.1) is 0 Å². The Morgan fingerprint density at radius 2 is 2.50 bits per heavy atom. The molecule has 0 fully saturated rings. The molecule has 0 amide bonds. The van der Waals surface area contributed by atoms with Gasteiger partial charge in [-0.15, -0.1) is 5.11 Å². The third-order valence-corrected chi connectivity index (χ3v) is 0.445. The first kappa shape index (κ1) is 3.51. The topological polar surface area (TPSA) is 74.8 Å². The van der Waals surface area contributed by atoms with Crippen LogP contribution in [0.1, 0.15) is 0 Å². The molecule has 0 aliphatic carbocycles. The lowest BCUT2D eigenvalue weighted by Gasteiger charge is -1.90. The third-order valence-electron chi connectivity index (χ3n) is 0.445. The minimum absolute atomic E-state index is 0.356.